The van der Waals surface area contributed by atoms with Gasteiger partial charge in [-0.05, 0) is 19.1 Å². The van der Waals surface area contributed by atoms with Crippen molar-refractivity contribution in [3.8, 4) is 0 Å². The molecule has 0 bridgehead atoms. The van der Waals surface area contributed by atoms with Crippen molar-refractivity contribution in [2.24, 2.45) is 0 Å². The van der Waals surface area contributed by atoms with E-state index in [1.54, 1.807) is 31.2 Å². The SMILES string of the molecule is CCOC(=O)Nc1ccccc1Cl. The summed E-state index contributed by atoms with van der Waals surface area (Å²) in [5.41, 5.74) is 0.558. The first kappa shape index (κ1) is 9.86. The third-order valence-electron chi connectivity index (χ3n) is 1.39. The second-order valence-corrected chi connectivity index (χ2v) is 2.73. The maximum Gasteiger partial charge on any atom is 0.411 e. The molecule has 0 aliphatic carbocycles. The number of ether oxygens (including phenoxy) is 1. The number of benzene rings is 1. The maximum atomic E-state index is 11.0. The molecular weight excluding hydrogens is 190 g/mol. The van der Waals surface area contributed by atoms with Crippen LogP contribution >= 0.6 is 11.6 Å². The number of halogens is 1. The number of hydrogen-bond donors (Lipinski definition) is 1. The maximum absolute atomic E-state index is 11.0. The van der Waals surface area contributed by atoms with Gasteiger partial charge in [-0.25, -0.2) is 4.79 Å². The van der Waals surface area contributed by atoms with Gasteiger partial charge in [-0.1, -0.05) is 23.7 Å². The molecule has 0 saturated carbocycles. The van der Waals surface area contributed by atoms with Crippen molar-refractivity contribution >= 4 is 23.4 Å². The quantitative estimate of drug-likeness (QED) is 0.796. The summed E-state index contributed by atoms with van der Waals surface area (Å²) in [6.45, 7) is 2.09. The van der Waals surface area contributed by atoms with Gasteiger partial charge >= 0.3 is 6.09 Å². The van der Waals surface area contributed by atoms with Crippen LogP contribution in [0.4, 0.5) is 10.5 Å². The molecule has 13 heavy (non-hydrogen) atoms. The van der Waals surface area contributed by atoms with Crippen LogP contribution in [-0.4, -0.2) is 12.7 Å². The lowest BCUT2D eigenvalue weighted by atomic mass is 10.3. The van der Waals surface area contributed by atoms with Gasteiger partial charge in [0.05, 0.1) is 17.3 Å². The molecule has 0 heterocycles. The molecule has 0 radical (unpaired) electrons. The van der Waals surface area contributed by atoms with E-state index in [0.29, 0.717) is 17.3 Å². The molecule has 1 amide bonds. The Bertz CT molecular complexity index is 301. The van der Waals surface area contributed by atoms with Gasteiger partial charge in [0, 0.05) is 0 Å². The average molecular weight is 200 g/mol. The van der Waals surface area contributed by atoms with E-state index in [-0.39, 0.29) is 0 Å². The summed E-state index contributed by atoms with van der Waals surface area (Å²) >= 11 is 5.80. The Morgan fingerprint density at radius 2 is 2.23 bits per heavy atom. The zero-order valence-corrected chi connectivity index (χ0v) is 7.97. The molecule has 4 heteroatoms. The van der Waals surface area contributed by atoms with Crippen LogP contribution in [0.3, 0.4) is 0 Å². The minimum Gasteiger partial charge on any atom is -0.450 e. The molecule has 0 saturated heterocycles. The van der Waals surface area contributed by atoms with Gasteiger partial charge in [0.15, 0.2) is 0 Å². The monoisotopic (exact) mass is 199 g/mol. The van der Waals surface area contributed by atoms with Crippen molar-refractivity contribution in [1.29, 1.82) is 0 Å². The first-order chi connectivity index (χ1) is 6.24. The molecule has 0 spiro atoms. The summed E-state index contributed by atoms with van der Waals surface area (Å²) in [6.07, 6.45) is -0.490. The number of nitrogens with one attached hydrogen (secondary N) is 1. The smallest absolute Gasteiger partial charge is 0.411 e. The van der Waals surface area contributed by atoms with E-state index < -0.39 is 6.09 Å². The predicted octanol–water partition coefficient (Wildman–Crippen LogP) is 2.91. The molecule has 0 atom stereocenters. The summed E-state index contributed by atoms with van der Waals surface area (Å²) < 4.78 is 4.69. The van der Waals surface area contributed by atoms with Crippen molar-refractivity contribution in [1.82, 2.24) is 0 Å². The number of anilines is 1. The average Bonchev–Trinajstić information content (AvgIpc) is 2.09. The third-order valence-corrected chi connectivity index (χ3v) is 1.72. The Hall–Kier alpha value is -1.22. The van der Waals surface area contributed by atoms with Crippen LogP contribution in [0.1, 0.15) is 6.92 Å². The number of para-hydroxylation sites is 1. The van der Waals surface area contributed by atoms with Crippen LogP contribution in [-0.2, 0) is 4.74 Å². The van der Waals surface area contributed by atoms with Gasteiger partial charge in [0.1, 0.15) is 0 Å². The molecule has 0 fully saturated rings. The van der Waals surface area contributed by atoms with Crippen LogP contribution in [0.25, 0.3) is 0 Å². The van der Waals surface area contributed by atoms with Crippen LogP contribution in [0.2, 0.25) is 5.02 Å². The Morgan fingerprint density at radius 1 is 1.54 bits per heavy atom. The van der Waals surface area contributed by atoms with E-state index >= 15 is 0 Å². The van der Waals surface area contributed by atoms with Crippen LogP contribution in [0.15, 0.2) is 24.3 Å². The van der Waals surface area contributed by atoms with Gasteiger partial charge in [-0.2, -0.15) is 0 Å². The van der Waals surface area contributed by atoms with Crippen LogP contribution in [0.5, 0.6) is 0 Å². The van der Waals surface area contributed by atoms with E-state index in [1.165, 1.54) is 0 Å². The van der Waals surface area contributed by atoms with E-state index in [0.717, 1.165) is 0 Å². The number of hydrogen-bond acceptors (Lipinski definition) is 2. The summed E-state index contributed by atoms with van der Waals surface area (Å²) in [5, 5.41) is 3.01. The zero-order chi connectivity index (χ0) is 9.68. The normalized spacial score (nSPS) is 9.38. The van der Waals surface area contributed by atoms with Crippen molar-refractivity contribution in [3.63, 3.8) is 0 Å². The fourth-order valence-electron chi connectivity index (χ4n) is 0.840. The molecule has 1 N–H and O–H groups in total. The number of rotatable bonds is 2. The van der Waals surface area contributed by atoms with E-state index in [4.69, 9.17) is 16.3 Å². The molecule has 1 aromatic rings. The molecule has 0 aliphatic rings. The molecule has 0 aromatic heterocycles. The molecular formula is C9H10ClNO2. The highest BCUT2D eigenvalue weighted by atomic mass is 35.5. The third kappa shape index (κ3) is 2.95. The van der Waals surface area contributed by atoms with E-state index in [1.807, 2.05) is 0 Å². The molecule has 0 unspecified atom stereocenters. The fourth-order valence-corrected chi connectivity index (χ4v) is 1.02. The highest BCUT2D eigenvalue weighted by molar-refractivity contribution is 6.33. The lowest BCUT2D eigenvalue weighted by Crippen LogP contribution is -2.13. The summed E-state index contributed by atoms with van der Waals surface area (Å²) in [4.78, 5) is 11.0. The number of amides is 1. The highest BCUT2D eigenvalue weighted by Crippen LogP contribution is 2.20. The Kier molecular flexibility index (Phi) is 3.58. The molecule has 1 aromatic carbocycles. The van der Waals surface area contributed by atoms with Crippen molar-refractivity contribution in [2.45, 2.75) is 6.92 Å². The first-order valence-corrected chi connectivity index (χ1v) is 4.30. The van der Waals surface area contributed by atoms with Crippen LogP contribution < -0.4 is 5.32 Å². The van der Waals surface area contributed by atoms with Crippen LogP contribution in [0, 0.1) is 0 Å². The highest BCUT2D eigenvalue weighted by Gasteiger charge is 2.03. The zero-order valence-electron chi connectivity index (χ0n) is 7.21. The Balaban J connectivity index is 2.63. The summed E-state index contributed by atoms with van der Waals surface area (Å²) in [7, 11) is 0. The van der Waals surface area contributed by atoms with E-state index in [9.17, 15) is 4.79 Å². The summed E-state index contributed by atoms with van der Waals surface area (Å²) in [5.74, 6) is 0. The molecule has 70 valence electrons. The Morgan fingerprint density at radius 3 is 2.85 bits per heavy atom. The van der Waals surface area contributed by atoms with Crippen molar-refractivity contribution in [2.75, 3.05) is 11.9 Å². The second kappa shape index (κ2) is 4.72. The second-order valence-electron chi connectivity index (χ2n) is 2.33. The summed E-state index contributed by atoms with van der Waals surface area (Å²) in [6, 6.07) is 6.98. The topological polar surface area (TPSA) is 38.3 Å². The van der Waals surface area contributed by atoms with Gasteiger partial charge in [0.25, 0.3) is 0 Å². The lowest BCUT2D eigenvalue weighted by molar-refractivity contribution is 0.168. The van der Waals surface area contributed by atoms with Gasteiger partial charge in [0.2, 0.25) is 0 Å². The molecule has 0 aliphatic heterocycles. The van der Waals surface area contributed by atoms with Crippen molar-refractivity contribution < 1.29 is 9.53 Å². The minimum atomic E-state index is -0.490. The van der Waals surface area contributed by atoms with E-state index in [2.05, 4.69) is 5.32 Å². The van der Waals surface area contributed by atoms with Gasteiger partial charge < -0.3 is 4.74 Å². The van der Waals surface area contributed by atoms with Gasteiger partial charge in [-0.3, -0.25) is 5.32 Å². The largest absolute Gasteiger partial charge is 0.450 e. The number of carbonyl (C=O) groups excluding carboxylic acids is 1. The minimum absolute atomic E-state index is 0.344. The Labute approximate surface area is 81.7 Å². The fraction of sp³-hybridized carbons (Fsp3) is 0.222. The predicted molar refractivity (Wildman–Crippen MR) is 52.1 cm³/mol. The standard InChI is InChI=1S/C9H10ClNO2/c1-2-13-9(12)11-8-6-4-3-5-7(8)10/h3-6H,2H2,1H3,(H,11,12). The van der Waals surface area contributed by atoms with Gasteiger partial charge in [-0.15, -0.1) is 0 Å². The lowest BCUT2D eigenvalue weighted by Gasteiger charge is -2.05. The van der Waals surface area contributed by atoms with Crippen molar-refractivity contribution in [3.05, 3.63) is 29.3 Å². The first-order valence-electron chi connectivity index (χ1n) is 3.92. The molecule has 3 nitrogen and oxygen atoms in total. The molecule has 1 rings (SSSR count). The number of carbonyl (C=O) groups is 1.